The van der Waals surface area contributed by atoms with Crippen LogP contribution in [-0.2, 0) is 4.79 Å². The van der Waals surface area contributed by atoms with Gasteiger partial charge in [0.15, 0.2) is 6.61 Å². The summed E-state index contributed by atoms with van der Waals surface area (Å²) in [6.07, 6.45) is -2.99. The number of hydrogen-bond donors (Lipinski definition) is 1. The molecule has 1 N–H and O–H groups in total. The fraction of sp³-hybridized carbons (Fsp3) is 0.500. The van der Waals surface area contributed by atoms with Crippen LogP contribution in [0.5, 0.6) is 5.88 Å². The molecule has 1 aromatic rings. The van der Waals surface area contributed by atoms with Crippen molar-refractivity contribution in [3.05, 3.63) is 23.9 Å². The zero-order chi connectivity index (χ0) is 17.2. The Kier molecular flexibility index (Phi) is 4.76. The minimum atomic E-state index is -4.50. The van der Waals surface area contributed by atoms with Gasteiger partial charge in [-0.25, -0.2) is 4.98 Å². The van der Waals surface area contributed by atoms with Crippen molar-refractivity contribution >= 4 is 11.9 Å². The van der Waals surface area contributed by atoms with Crippen LogP contribution in [0.4, 0.5) is 13.2 Å². The first kappa shape index (κ1) is 17.0. The van der Waals surface area contributed by atoms with Crippen LogP contribution in [0.25, 0.3) is 0 Å². The predicted molar refractivity (Wildman–Crippen MR) is 72.0 cm³/mol. The average Bonchev–Trinajstić information content (AvgIpc) is 2.86. The summed E-state index contributed by atoms with van der Waals surface area (Å²) in [5.74, 6) is -2.39. The second-order valence-electron chi connectivity index (χ2n) is 5.26. The molecule has 2 heterocycles. The van der Waals surface area contributed by atoms with Crippen molar-refractivity contribution in [2.75, 3.05) is 13.2 Å². The Labute approximate surface area is 129 Å². The predicted octanol–water partition coefficient (Wildman–Crippen LogP) is 1.96. The summed E-state index contributed by atoms with van der Waals surface area (Å²) in [6.45, 7) is 0.406. The smallest absolute Gasteiger partial charge is 0.422 e. The number of carbonyl (C=O) groups is 2. The van der Waals surface area contributed by atoms with Gasteiger partial charge in [0.25, 0.3) is 5.91 Å². The molecule has 0 spiro atoms. The van der Waals surface area contributed by atoms with Gasteiger partial charge in [-0.15, -0.1) is 0 Å². The molecule has 1 aliphatic heterocycles. The summed E-state index contributed by atoms with van der Waals surface area (Å²) in [5.41, 5.74) is 0.107. The number of likely N-dealkylation sites (tertiary alicyclic amines) is 1. The number of rotatable bonds is 4. The van der Waals surface area contributed by atoms with E-state index in [0.29, 0.717) is 6.42 Å². The lowest BCUT2D eigenvalue weighted by Gasteiger charge is -2.23. The number of halogens is 3. The van der Waals surface area contributed by atoms with Crippen molar-refractivity contribution in [2.45, 2.75) is 25.6 Å². The molecule has 126 valence electrons. The van der Waals surface area contributed by atoms with Crippen molar-refractivity contribution in [3.63, 3.8) is 0 Å². The Balaban J connectivity index is 2.10. The first-order valence-corrected chi connectivity index (χ1v) is 6.88. The maximum absolute atomic E-state index is 12.4. The summed E-state index contributed by atoms with van der Waals surface area (Å²) in [5, 5.41) is 9.07. The van der Waals surface area contributed by atoms with Crippen molar-refractivity contribution in [3.8, 4) is 5.88 Å². The number of carboxylic acid groups (broad SMARTS) is 1. The number of hydrogen-bond acceptors (Lipinski definition) is 4. The lowest BCUT2D eigenvalue weighted by Crippen LogP contribution is -2.37. The topological polar surface area (TPSA) is 79.7 Å². The van der Waals surface area contributed by atoms with Crippen LogP contribution in [0, 0.1) is 5.92 Å². The first-order chi connectivity index (χ1) is 10.7. The fourth-order valence-corrected chi connectivity index (χ4v) is 2.50. The number of aromatic nitrogens is 1. The SMILES string of the molecule is CC1C(C(=O)O)CCN1C(=O)c1ccnc(OCC(F)(F)F)c1. The zero-order valence-corrected chi connectivity index (χ0v) is 12.2. The van der Waals surface area contributed by atoms with Crippen LogP contribution in [0.1, 0.15) is 23.7 Å². The van der Waals surface area contributed by atoms with Gasteiger partial charge in [-0.3, -0.25) is 9.59 Å². The molecule has 6 nitrogen and oxygen atoms in total. The van der Waals surface area contributed by atoms with E-state index in [9.17, 15) is 22.8 Å². The third kappa shape index (κ3) is 4.11. The molecule has 0 aromatic carbocycles. The van der Waals surface area contributed by atoms with E-state index in [1.807, 2.05) is 0 Å². The van der Waals surface area contributed by atoms with Crippen LogP contribution >= 0.6 is 0 Å². The molecule has 0 radical (unpaired) electrons. The van der Waals surface area contributed by atoms with E-state index in [4.69, 9.17) is 5.11 Å². The van der Waals surface area contributed by atoms with Crippen molar-refractivity contribution in [1.29, 1.82) is 0 Å². The molecule has 2 unspecified atom stereocenters. The number of amides is 1. The van der Waals surface area contributed by atoms with Crippen molar-refractivity contribution in [1.82, 2.24) is 9.88 Å². The van der Waals surface area contributed by atoms with E-state index in [0.717, 1.165) is 6.07 Å². The molecule has 1 aromatic heterocycles. The highest BCUT2D eigenvalue weighted by atomic mass is 19.4. The standard InChI is InChI=1S/C14H15F3N2O4/c1-8-10(13(21)22)3-5-19(8)12(20)9-2-4-18-11(6-9)23-7-14(15,16)17/h2,4,6,8,10H,3,5,7H2,1H3,(H,21,22). The molecular formula is C14H15F3N2O4. The van der Waals surface area contributed by atoms with Crippen LogP contribution in [0.15, 0.2) is 18.3 Å². The first-order valence-electron chi connectivity index (χ1n) is 6.88. The number of pyridine rings is 1. The summed E-state index contributed by atoms with van der Waals surface area (Å²) < 4.78 is 40.9. The minimum Gasteiger partial charge on any atom is -0.481 e. The highest BCUT2D eigenvalue weighted by Crippen LogP contribution is 2.26. The highest BCUT2D eigenvalue weighted by Gasteiger charge is 2.38. The lowest BCUT2D eigenvalue weighted by molar-refractivity contribution is -0.154. The van der Waals surface area contributed by atoms with Crippen LogP contribution in [0.2, 0.25) is 0 Å². The van der Waals surface area contributed by atoms with Gasteiger partial charge >= 0.3 is 12.1 Å². The molecule has 2 rings (SSSR count). The largest absolute Gasteiger partial charge is 0.481 e. The molecule has 0 aliphatic carbocycles. The quantitative estimate of drug-likeness (QED) is 0.912. The molecule has 2 atom stereocenters. The zero-order valence-electron chi connectivity index (χ0n) is 12.2. The van der Waals surface area contributed by atoms with Crippen LogP contribution in [0.3, 0.4) is 0 Å². The second kappa shape index (κ2) is 6.43. The van der Waals surface area contributed by atoms with Gasteiger partial charge in [-0.05, 0) is 19.4 Å². The lowest BCUT2D eigenvalue weighted by atomic mass is 10.0. The molecule has 1 fully saturated rings. The Morgan fingerprint density at radius 1 is 1.48 bits per heavy atom. The Bertz CT molecular complexity index is 606. The highest BCUT2D eigenvalue weighted by molar-refractivity contribution is 5.95. The molecule has 0 saturated carbocycles. The van der Waals surface area contributed by atoms with Gasteiger partial charge in [0, 0.05) is 30.4 Å². The van der Waals surface area contributed by atoms with E-state index in [-0.39, 0.29) is 18.0 Å². The number of nitrogens with zero attached hydrogens (tertiary/aromatic N) is 2. The number of alkyl halides is 3. The number of carbonyl (C=O) groups excluding carboxylic acids is 1. The molecule has 0 bridgehead atoms. The van der Waals surface area contributed by atoms with Crippen LogP contribution < -0.4 is 4.74 Å². The summed E-state index contributed by atoms with van der Waals surface area (Å²) in [7, 11) is 0. The van der Waals surface area contributed by atoms with Crippen molar-refractivity contribution in [2.24, 2.45) is 5.92 Å². The Morgan fingerprint density at radius 3 is 2.74 bits per heavy atom. The normalized spacial score (nSPS) is 21.3. The van der Waals surface area contributed by atoms with E-state index in [1.54, 1.807) is 6.92 Å². The van der Waals surface area contributed by atoms with Gasteiger partial charge in [0.1, 0.15) is 0 Å². The summed E-state index contributed by atoms with van der Waals surface area (Å²) in [4.78, 5) is 28.5. The van der Waals surface area contributed by atoms with Gasteiger partial charge in [0.05, 0.1) is 5.92 Å². The molecule has 1 saturated heterocycles. The molecule has 1 aliphatic rings. The number of aliphatic carboxylic acids is 1. The Morgan fingerprint density at radius 2 is 2.17 bits per heavy atom. The monoisotopic (exact) mass is 332 g/mol. The fourth-order valence-electron chi connectivity index (χ4n) is 2.50. The third-order valence-electron chi connectivity index (χ3n) is 3.70. The van der Waals surface area contributed by atoms with E-state index >= 15 is 0 Å². The van der Waals surface area contributed by atoms with Crippen molar-refractivity contribution < 1.29 is 32.6 Å². The Hall–Kier alpha value is -2.32. The number of ether oxygens (including phenoxy) is 1. The van der Waals surface area contributed by atoms with E-state index < -0.39 is 36.6 Å². The molecule has 9 heteroatoms. The second-order valence-corrected chi connectivity index (χ2v) is 5.26. The molecular weight excluding hydrogens is 317 g/mol. The summed E-state index contributed by atoms with van der Waals surface area (Å²) in [6, 6.07) is 1.98. The van der Waals surface area contributed by atoms with Gasteiger partial charge in [-0.2, -0.15) is 13.2 Å². The van der Waals surface area contributed by atoms with Gasteiger partial charge in [0.2, 0.25) is 5.88 Å². The molecule has 1 amide bonds. The maximum atomic E-state index is 12.4. The average molecular weight is 332 g/mol. The maximum Gasteiger partial charge on any atom is 0.422 e. The number of carboxylic acids is 1. The molecule has 23 heavy (non-hydrogen) atoms. The summed E-state index contributed by atoms with van der Waals surface area (Å²) >= 11 is 0. The van der Waals surface area contributed by atoms with Gasteiger partial charge in [-0.1, -0.05) is 0 Å². The third-order valence-corrected chi connectivity index (χ3v) is 3.70. The van der Waals surface area contributed by atoms with Crippen LogP contribution in [-0.4, -0.2) is 52.2 Å². The van der Waals surface area contributed by atoms with E-state index in [2.05, 4.69) is 9.72 Å². The van der Waals surface area contributed by atoms with E-state index in [1.165, 1.54) is 17.2 Å². The van der Waals surface area contributed by atoms with Gasteiger partial charge < -0.3 is 14.7 Å². The minimum absolute atomic E-state index is 0.107.